The number of ether oxygens (including phenoxy) is 1. The summed E-state index contributed by atoms with van der Waals surface area (Å²) in [6.07, 6.45) is -0.705. The first-order valence-corrected chi connectivity index (χ1v) is 6.10. The molecule has 0 spiro atoms. The Hall–Kier alpha value is -1.26. The summed E-state index contributed by atoms with van der Waals surface area (Å²) in [5.74, 6) is -0.951. The third kappa shape index (κ3) is 4.94. The average molecular weight is 259 g/mol. The number of nitrogens with one attached hydrogen (secondary N) is 1. The van der Waals surface area contributed by atoms with Crippen LogP contribution in [0.3, 0.4) is 0 Å². The van der Waals surface area contributed by atoms with E-state index < -0.39 is 29.1 Å². The Morgan fingerprint density at radius 3 is 1.83 bits per heavy atom. The molecule has 106 valence electrons. The van der Waals surface area contributed by atoms with Gasteiger partial charge >= 0.3 is 12.1 Å². The van der Waals surface area contributed by atoms with Crippen molar-refractivity contribution >= 4 is 12.1 Å². The third-order valence-corrected chi connectivity index (χ3v) is 3.14. The summed E-state index contributed by atoms with van der Waals surface area (Å²) in [5, 5.41) is 11.7. The Labute approximate surface area is 109 Å². The number of amides is 1. The molecule has 18 heavy (non-hydrogen) atoms. The van der Waals surface area contributed by atoms with Crippen LogP contribution in [0.5, 0.6) is 0 Å². The normalized spacial score (nSPS) is 14.2. The largest absolute Gasteiger partial charge is 0.480 e. The van der Waals surface area contributed by atoms with E-state index in [9.17, 15) is 14.7 Å². The molecule has 0 rings (SSSR count). The van der Waals surface area contributed by atoms with Crippen molar-refractivity contribution in [3.05, 3.63) is 0 Å². The predicted octanol–water partition coefficient (Wildman–Crippen LogP) is 2.65. The highest BCUT2D eigenvalue weighted by Crippen LogP contribution is 2.30. The summed E-state index contributed by atoms with van der Waals surface area (Å²) in [4.78, 5) is 22.9. The lowest BCUT2D eigenvalue weighted by atomic mass is 9.75. The molecule has 0 saturated carbocycles. The van der Waals surface area contributed by atoms with Crippen LogP contribution in [0.25, 0.3) is 0 Å². The SMILES string of the molecule is CC(C)C(C)(C)[C@H](NC(=O)OC(C)(C)C)C(=O)O. The van der Waals surface area contributed by atoms with Gasteiger partial charge in [-0.15, -0.1) is 0 Å². The van der Waals surface area contributed by atoms with Gasteiger partial charge in [0.25, 0.3) is 0 Å². The van der Waals surface area contributed by atoms with E-state index in [0.29, 0.717) is 0 Å². The van der Waals surface area contributed by atoms with Gasteiger partial charge in [0.15, 0.2) is 0 Å². The monoisotopic (exact) mass is 259 g/mol. The zero-order valence-corrected chi connectivity index (χ0v) is 12.3. The molecule has 1 atom stereocenters. The van der Waals surface area contributed by atoms with Crippen molar-refractivity contribution in [2.24, 2.45) is 11.3 Å². The lowest BCUT2D eigenvalue weighted by Crippen LogP contribution is -2.53. The van der Waals surface area contributed by atoms with Crippen LogP contribution in [0, 0.1) is 11.3 Å². The number of carbonyl (C=O) groups excluding carboxylic acids is 1. The van der Waals surface area contributed by atoms with E-state index in [-0.39, 0.29) is 5.92 Å². The van der Waals surface area contributed by atoms with E-state index in [1.54, 1.807) is 20.8 Å². The fourth-order valence-corrected chi connectivity index (χ4v) is 1.32. The van der Waals surface area contributed by atoms with Gasteiger partial charge in [-0.25, -0.2) is 9.59 Å². The van der Waals surface area contributed by atoms with Crippen molar-refractivity contribution in [1.29, 1.82) is 0 Å². The topological polar surface area (TPSA) is 75.6 Å². The van der Waals surface area contributed by atoms with Gasteiger partial charge in [-0.3, -0.25) is 0 Å². The molecule has 0 heterocycles. The summed E-state index contributed by atoms with van der Waals surface area (Å²) < 4.78 is 5.08. The summed E-state index contributed by atoms with van der Waals surface area (Å²) in [7, 11) is 0. The van der Waals surface area contributed by atoms with Crippen molar-refractivity contribution < 1.29 is 19.4 Å². The molecule has 0 aliphatic carbocycles. The van der Waals surface area contributed by atoms with E-state index in [1.165, 1.54) is 0 Å². The highest BCUT2D eigenvalue weighted by atomic mass is 16.6. The number of carboxylic acid groups (broad SMARTS) is 1. The van der Waals surface area contributed by atoms with Crippen LogP contribution < -0.4 is 5.32 Å². The molecule has 0 unspecified atom stereocenters. The Morgan fingerprint density at radius 2 is 1.56 bits per heavy atom. The molecule has 0 fully saturated rings. The summed E-state index contributed by atoms with van der Waals surface area (Å²) >= 11 is 0. The Bertz CT molecular complexity index is 315. The first-order chi connectivity index (χ1) is 7.88. The van der Waals surface area contributed by atoms with Gasteiger partial charge in [-0.05, 0) is 32.1 Å². The van der Waals surface area contributed by atoms with E-state index in [4.69, 9.17) is 4.74 Å². The molecule has 0 radical (unpaired) electrons. The second-order valence-corrected chi connectivity index (χ2v) is 6.39. The standard InChI is InChI=1S/C13H25NO4/c1-8(2)13(6,7)9(10(15)16)14-11(17)18-12(3,4)5/h8-9H,1-7H3,(H,14,17)(H,15,16)/t9-/m1/s1. The second-order valence-electron chi connectivity index (χ2n) is 6.39. The second kappa shape index (κ2) is 5.59. The van der Waals surface area contributed by atoms with Crippen molar-refractivity contribution in [2.75, 3.05) is 0 Å². The molecule has 5 nitrogen and oxygen atoms in total. The van der Waals surface area contributed by atoms with Gasteiger partial charge in [0, 0.05) is 0 Å². The molecule has 0 aliphatic heterocycles. The number of rotatable bonds is 4. The van der Waals surface area contributed by atoms with E-state index >= 15 is 0 Å². The molecular weight excluding hydrogens is 234 g/mol. The molecule has 0 aromatic carbocycles. The zero-order chi connectivity index (χ0) is 14.7. The average Bonchev–Trinajstić information content (AvgIpc) is 2.10. The quantitative estimate of drug-likeness (QED) is 0.813. The minimum Gasteiger partial charge on any atom is -0.480 e. The molecule has 1 amide bonds. The Balaban J connectivity index is 4.87. The number of carbonyl (C=O) groups is 2. The molecule has 0 aliphatic rings. The first-order valence-electron chi connectivity index (χ1n) is 6.10. The summed E-state index contributed by atoms with van der Waals surface area (Å²) in [6.45, 7) is 12.7. The molecular formula is C13H25NO4. The maximum absolute atomic E-state index is 11.6. The fourth-order valence-electron chi connectivity index (χ4n) is 1.32. The van der Waals surface area contributed by atoms with Gasteiger partial charge in [-0.2, -0.15) is 0 Å². The van der Waals surface area contributed by atoms with Crippen molar-refractivity contribution in [3.8, 4) is 0 Å². The van der Waals surface area contributed by atoms with Gasteiger partial charge < -0.3 is 15.2 Å². The van der Waals surface area contributed by atoms with Gasteiger partial charge in [-0.1, -0.05) is 27.7 Å². The molecule has 0 aromatic rings. The molecule has 2 N–H and O–H groups in total. The van der Waals surface area contributed by atoms with E-state index in [2.05, 4.69) is 5.32 Å². The van der Waals surface area contributed by atoms with Crippen molar-refractivity contribution in [1.82, 2.24) is 5.32 Å². The smallest absolute Gasteiger partial charge is 0.408 e. The Kier molecular flexibility index (Phi) is 5.20. The summed E-state index contributed by atoms with van der Waals surface area (Å²) in [5.41, 5.74) is -1.21. The van der Waals surface area contributed by atoms with Crippen molar-refractivity contribution in [2.45, 2.75) is 60.1 Å². The van der Waals surface area contributed by atoms with E-state index in [0.717, 1.165) is 0 Å². The molecule has 0 aromatic heterocycles. The number of hydrogen-bond donors (Lipinski definition) is 2. The molecule has 5 heteroatoms. The zero-order valence-electron chi connectivity index (χ0n) is 12.3. The van der Waals surface area contributed by atoms with Crippen LogP contribution in [-0.4, -0.2) is 28.8 Å². The highest BCUT2D eigenvalue weighted by molar-refractivity contribution is 5.80. The number of carboxylic acids is 1. The third-order valence-electron chi connectivity index (χ3n) is 3.14. The van der Waals surface area contributed by atoms with Crippen LogP contribution in [0.15, 0.2) is 0 Å². The number of alkyl carbamates (subject to hydrolysis) is 1. The van der Waals surface area contributed by atoms with Crippen LogP contribution in [0.2, 0.25) is 0 Å². The van der Waals surface area contributed by atoms with Crippen LogP contribution in [0.1, 0.15) is 48.5 Å². The van der Waals surface area contributed by atoms with Gasteiger partial charge in [0.1, 0.15) is 11.6 Å². The molecule has 0 bridgehead atoms. The number of aliphatic carboxylic acids is 1. The minimum absolute atomic E-state index is 0.105. The number of hydrogen-bond acceptors (Lipinski definition) is 3. The van der Waals surface area contributed by atoms with Crippen LogP contribution in [-0.2, 0) is 9.53 Å². The fraction of sp³-hybridized carbons (Fsp3) is 0.846. The predicted molar refractivity (Wildman–Crippen MR) is 69.4 cm³/mol. The maximum atomic E-state index is 11.6. The van der Waals surface area contributed by atoms with Gasteiger partial charge in [0.2, 0.25) is 0 Å². The Morgan fingerprint density at radius 1 is 1.11 bits per heavy atom. The lowest BCUT2D eigenvalue weighted by Gasteiger charge is -2.35. The lowest BCUT2D eigenvalue weighted by molar-refractivity contribution is -0.143. The summed E-state index contributed by atoms with van der Waals surface area (Å²) in [6, 6.07) is -0.979. The minimum atomic E-state index is -1.06. The maximum Gasteiger partial charge on any atom is 0.408 e. The molecule has 0 saturated heterocycles. The van der Waals surface area contributed by atoms with Crippen LogP contribution >= 0.6 is 0 Å². The van der Waals surface area contributed by atoms with E-state index in [1.807, 2.05) is 27.7 Å². The van der Waals surface area contributed by atoms with Gasteiger partial charge in [0.05, 0.1) is 0 Å². The first kappa shape index (κ1) is 16.7. The van der Waals surface area contributed by atoms with Crippen LogP contribution in [0.4, 0.5) is 4.79 Å². The highest BCUT2D eigenvalue weighted by Gasteiger charge is 2.39. The van der Waals surface area contributed by atoms with Crippen molar-refractivity contribution in [3.63, 3.8) is 0 Å².